The molecule has 0 radical (unpaired) electrons. The number of benzene rings is 2. The Morgan fingerprint density at radius 1 is 1.13 bits per heavy atom. The molecule has 3 rings (SSSR count). The molecule has 0 aliphatic heterocycles. The number of fused-ring (bicyclic) bond motifs is 1. The summed E-state index contributed by atoms with van der Waals surface area (Å²) in [6, 6.07) is 18.4. The summed E-state index contributed by atoms with van der Waals surface area (Å²) < 4.78 is 2.21. The minimum atomic E-state index is -0.115. The monoisotopic (exact) mass is 307 g/mol. The Labute approximate surface area is 136 Å². The third kappa shape index (κ3) is 3.42. The van der Waals surface area contributed by atoms with Crippen molar-refractivity contribution in [2.45, 2.75) is 32.9 Å². The Morgan fingerprint density at radius 3 is 2.57 bits per heavy atom. The molecule has 0 saturated carbocycles. The number of para-hydroxylation sites is 2. The summed E-state index contributed by atoms with van der Waals surface area (Å²) in [6.07, 6.45) is 0.932. The predicted molar refractivity (Wildman–Crippen MR) is 92.1 cm³/mol. The van der Waals surface area contributed by atoms with Crippen LogP contribution in [0.3, 0.4) is 0 Å². The molecule has 1 N–H and O–H groups in total. The van der Waals surface area contributed by atoms with Crippen LogP contribution in [0.4, 0.5) is 0 Å². The van der Waals surface area contributed by atoms with Crippen LogP contribution in [0.5, 0.6) is 0 Å². The first-order valence-electron chi connectivity index (χ1n) is 7.91. The van der Waals surface area contributed by atoms with E-state index in [1.165, 1.54) is 12.5 Å². The average Bonchev–Trinajstić information content (AvgIpc) is 2.92. The summed E-state index contributed by atoms with van der Waals surface area (Å²) in [5, 5.41) is 2.94. The van der Waals surface area contributed by atoms with Crippen molar-refractivity contribution in [2.75, 3.05) is 0 Å². The van der Waals surface area contributed by atoms with Crippen LogP contribution in [0.2, 0.25) is 0 Å². The number of nitrogens with zero attached hydrogens (tertiary/aromatic N) is 2. The van der Waals surface area contributed by atoms with E-state index < -0.39 is 0 Å². The molecule has 23 heavy (non-hydrogen) atoms. The topological polar surface area (TPSA) is 46.9 Å². The molecule has 1 aromatic heterocycles. The number of aryl methyl sites for hydroxylation is 2. The molecule has 1 heterocycles. The smallest absolute Gasteiger partial charge is 0.217 e. The summed E-state index contributed by atoms with van der Waals surface area (Å²) in [7, 11) is 0. The number of carbonyl (C=O) groups is 1. The number of hydrogen-bond donors (Lipinski definition) is 1. The Morgan fingerprint density at radius 2 is 1.83 bits per heavy atom. The van der Waals surface area contributed by atoms with E-state index in [-0.39, 0.29) is 11.9 Å². The van der Waals surface area contributed by atoms with Crippen LogP contribution in [-0.2, 0) is 17.8 Å². The van der Waals surface area contributed by atoms with Crippen LogP contribution in [0.1, 0.15) is 31.3 Å². The zero-order chi connectivity index (χ0) is 16.2. The molecule has 0 spiro atoms. The second kappa shape index (κ2) is 6.65. The van der Waals surface area contributed by atoms with E-state index in [4.69, 9.17) is 4.98 Å². The molecule has 4 heteroatoms. The second-order valence-electron chi connectivity index (χ2n) is 5.77. The highest BCUT2D eigenvalue weighted by atomic mass is 16.1. The van der Waals surface area contributed by atoms with E-state index in [1.54, 1.807) is 0 Å². The largest absolute Gasteiger partial charge is 0.347 e. The summed E-state index contributed by atoms with van der Waals surface area (Å²) in [5.41, 5.74) is 3.37. The van der Waals surface area contributed by atoms with Gasteiger partial charge in [0.15, 0.2) is 0 Å². The number of hydrogen-bond acceptors (Lipinski definition) is 2. The van der Waals surface area contributed by atoms with Gasteiger partial charge in [-0.25, -0.2) is 4.98 Å². The molecule has 0 bridgehead atoms. The molecule has 1 atom stereocenters. The third-order valence-corrected chi connectivity index (χ3v) is 3.96. The SMILES string of the molecule is CC(=O)NC(C)c1nc2ccccc2n1CCc1ccccc1. The Balaban J connectivity index is 1.94. The van der Waals surface area contributed by atoms with Crippen LogP contribution in [-0.4, -0.2) is 15.5 Å². The quantitative estimate of drug-likeness (QED) is 0.784. The highest BCUT2D eigenvalue weighted by molar-refractivity contribution is 5.77. The van der Waals surface area contributed by atoms with Gasteiger partial charge in [-0.05, 0) is 31.0 Å². The lowest BCUT2D eigenvalue weighted by Crippen LogP contribution is -2.26. The zero-order valence-corrected chi connectivity index (χ0v) is 13.5. The lowest BCUT2D eigenvalue weighted by molar-refractivity contribution is -0.119. The van der Waals surface area contributed by atoms with Gasteiger partial charge in [0.05, 0.1) is 17.1 Å². The van der Waals surface area contributed by atoms with Gasteiger partial charge in [-0.1, -0.05) is 42.5 Å². The maximum Gasteiger partial charge on any atom is 0.217 e. The third-order valence-electron chi connectivity index (χ3n) is 3.96. The Kier molecular flexibility index (Phi) is 4.42. The molecular weight excluding hydrogens is 286 g/mol. The lowest BCUT2D eigenvalue weighted by Gasteiger charge is -2.15. The van der Waals surface area contributed by atoms with Crippen molar-refractivity contribution in [3.05, 3.63) is 66.0 Å². The Bertz CT molecular complexity index is 808. The van der Waals surface area contributed by atoms with Gasteiger partial charge in [0.25, 0.3) is 0 Å². The highest BCUT2D eigenvalue weighted by Crippen LogP contribution is 2.21. The van der Waals surface area contributed by atoms with Crippen molar-refractivity contribution in [1.29, 1.82) is 0 Å². The molecule has 4 nitrogen and oxygen atoms in total. The van der Waals surface area contributed by atoms with E-state index >= 15 is 0 Å². The minimum absolute atomic E-state index is 0.0424. The predicted octanol–water partition coefficient (Wildman–Crippen LogP) is 3.48. The van der Waals surface area contributed by atoms with E-state index in [1.807, 2.05) is 31.2 Å². The molecule has 3 aromatic rings. The minimum Gasteiger partial charge on any atom is -0.347 e. The summed E-state index contributed by atoms with van der Waals surface area (Å²) in [5.74, 6) is 0.858. The Hall–Kier alpha value is -2.62. The van der Waals surface area contributed by atoms with Crippen molar-refractivity contribution in [3.63, 3.8) is 0 Å². The van der Waals surface area contributed by atoms with Gasteiger partial charge in [-0.15, -0.1) is 0 Å². The maximum absolute atomic E-state index is 11.4. The average molecular weight is 307 g/mol. The fourth-order valence-corrected chi connectivity index (χ4v) is 2.91. The van der Waals surface area contributed by atoms with E-state index in [0.29, 0.717) is 0 Å². The number of rotatable bonds is 5. The zero-order valence-electron chi connectivity index (χ0n) is 13.5. The number of nitrogens with one attached hydrogen (secondary N) is 1. The van der Waals surface area contributed by atoms with Crippen molar-refractivity contribution in [1.82, 2.24) is 14.9 Å². The molecule has 1 amide bonds. The van der Waals surface area contributed by atoms with Crippen molar-refractivity contribution < 1.29 is 4.79 Å². The van der Waals surface area contributed by atoms with Crippen LogP contribution in [0.25, 0.3) is 11.0 Å². The number of aromatic nitrogens is 2. The molecule has 0 aliphatic carbocycles. The van der Waals surface area contributed by atoms with E-state index in [0.717, 1.165) is 29.8 Å². The number of carbonyl (C=O) groups excluding carboxylic acids is 1. The van der Waals surface area contributed by atoms with Crippen molar-refractivity contribution >= 4 is 16.9 Å². The highest BCUT2D eigenvalue weighted by Gasteiger charge is 2.17. The summed E-state index contributed by atoms with van der Waals surface area (Å²) >= 11 is 0. The fourth-order valence-electron chi connectivity index (χ4n) is 2.91. The molecule has 0 saturated heterocycles. The number of imidazole rings is 1. The standard InChI is InChI=1S/C19H21N3O/c1-14(20-15(2)23)19-21-17-10-6-7-11-18(17)22(19)13-12-16-8-4-3-5-9-16/h3-11,14H,12-13H2,1-2H3,(H,20,23). The van der Waals surface area contributed by atoms with Gasteiger partial charge >= 0.3 is 0 Å². The first-order chi connectivity index (χ1) is 11.1. The first-order valence-corrected chi connectivity index (χ1v) is 7.91. The van der Waals surface area contributed by atoms with Gasteiger partial charge in [-0.2, -0.15) is 0 Å². The molecule has 2 aromatic carbocycles. The normalized spacial score (nSPS) is 12.3. The molecular formula is C19H21N3O. The van der Waals surface area contributed by atoms with E-state index in [2.05, 4.69) is 40.2 Å². The van der Waals surface area contributed by atoms with Crippen molar-refractivity contribution in [2.24, 2.45) is 0 Å². The lowest BCUT2D eigenvalue weighted by atomic mass is 10.1. The molecule has 0 aliphatic rings. The van der Waals surface area contributed by atoms with Crippen molar-refractivity contribution in [3.8, 4) is 0 Å². The van der Waals surface area contributed by atoms with Crippen LogP contribution < -0.4 is 5.32 Å². The maximum atomic E-state index is 11.4. The summed E-state index contributed by atoms with van der Waals surface area (Å²) in [6.45, 7) is 4.35. The van der Waals surface area contributed by atoms with Gasteiger partial charge in [0.1, 0.15) is 5.82 Å². The van der Waals surface area contributed by atoms with Gasteiger partial charge < -0.3 is 9.88 Å². The van der Waals surface area contributed by atoms with Crippen LogP contribution >= 0.6 is 0 Å². The van der Waals surface area contributed by atoms with Gasteiger partial charge in [0.2, 0.25) is 5.91 Å². The molecule has 118 valence electrons. The van der Waals surface area contributed by atoms with Gasteiger partial charge in [-0.3, -0.25) is 4.79 Å². The molecule has 1 unspecified atom stereocenters. The summed E-state index contributed by atoms with van der Waals surface area (Å²) in [4.78, 5) is 16.1. The van der Waals surface area contributed by atoms with E-state index in [9.17, 15) is 4.79 Å². The van der Waals surface area contributed by atoms with Gasteiger partial charge in [0, 0.05) is 13.5 Å². The fraction of sp³-hybridized carbons (Fsp3) is 0.263. The number of amides is 1. The first kappa shape index (κ1) is 15.3. The second-order valence-corrected chi connectivity index (χ2v) is 5.77. The van der Waals surface area contributed by atoms with Crippen LogP contribution in [0.15, 0.2) is 54.6 Å². The molecule has 0 fully saturated rings. The van der Waals surface area contributed by atoms with Crippen LogP contribution in [0, 0.1) is 0 Å².